The number of aromatic nitrogens is 5. The largest absolute Gasteiger partial charge is 0.508 e. The van der Waals surface area contributed by atoms with Gasteiger partial charge in [-0.25, -0.2) is 4.79 Å². The van der Waals surface area contributed by atoms with Crippen LogP contribution in [0.4, 0.5) is 0 Å². The van der Waals surface area contributed by atoms with Gasteiger partial charge in [0.1, 0.15) is 11.5 Å². The number of fused-ring (bicyclic) bond motifs is 3. The minimum Gasteiger partial charge on any atom is -0.508 e. The van der Waals surface area contributed by atoms with E-state index in [-0.39, 0.29) is 11.7 Å². The summed E-state index contributed by atoms with van der Waals surface area (Å²) in [5.74, 6) is 1.51. The van der Waals surface area contributed by atoms with Crippen LogP contribution in [0.1, 0.15) is 30.9 Å². The third-order valence-corrected chi connectivity index (χ3v) is 6.54. The molecule has 0 fully saturated rings. The Kier molecular flexibility index (Phi) is 5.08. The third kappa shape index (κ3) is 3.26. The second-order valence-corrected chi connectivity index (χ2v) is 9.09. The highest BCUT2D eigenvalue weighted by Gasteiger charge is 2.23. The van der Waals surface area contributed by atoms with Crippen molar-refractivity contribution in [3.05, 3.63) is 74.6 Å². The second kappa shape index (κ2) is 7.90. The van der Waals surface area contributed by atoms with Gasteiger partial charge in [0.15, 0.2) is 11.2 Å². The summed E-state index contributed by atoms with van der Waals surface area (Å²) in [6.45, 7) is 5.96. The molecule has 0 atom stereocenters. The Morgan fingerprint density at radius 1 is 1.06 bits per heavy atom. The minimum absolute atomic E-state index is 0.0909. The van der Waals surface area contributed by atoms with Crippen molar-refractivity contribution in [2.75, 3.05) is 7.11 Å². The summed E-state index contributed by atoms with van der Waals surface area (Å²) in [4.78, 5) is 30.5. The van der Waals surface area contributed by atoms with Crippen molar-refractivity contribution >= 4 is 16.9 Å². The molecule has 0 radical (unpaired) electrons. The van der Waals surface area contributed by atoms with Crippen LogP contribution < -0.4 is 16.0 Å². The zero-order chi connectivity index (χ0) is 25.2. The molecule has 0 saturated heterocycles. The van der Waals surface area contributed by atoms with E-state index in [0.717, 1.165) is 32.6 Å². The van der Waals surface area contributed by atoms with Crippen molar-refractivity contribution in [1.82, 2.24) is 23.1 Å². The number of rotatable bonds is 4. The topological polar surface area (TPSA) is 95.7 Å². The van der Waals surface area contributed by atoms with Crippen LogP contribution in [0.2, 0.25) is 0 Å². The number of phenols is 1. The fourth-order valence-corrected chi connectivity index (χ4v) is 4.60. The van der Waals surface area contributed by atoms with Crippen molar-refractivity contribution in [2.45, 2.75) is 26.7 Å². The monoisotopic (exact) mass is 473 g/mol. The molecular formula is C26H27N5O4. The molecule has 5 aromatic rings. The van der Waals surface area contributed by atoms with Crippen LogP contribution in [-0.4, -0.2) is 35.3 Å². The first-order valence-corrected chi connectivity index (χ1v) is 11.3. The van der Waals surface area contributed by atoms with Gasteiger partial charge in [-0.05, 0) is 48.2 Å². The number of benzene rings is 2. The van der Waals surface area contributed by atoms with E-state index in [1.165, 1.54) is 11.6 Å². The number of hydrogen-bond acceptors (Lipinski definition) is 5. The predicted octanol–water partition coefficient (Wildman–Crippen LogP) is 3.49. The van der Waals surface area contributed by atoms with Crippen LogP contribution in [0.25, 0.3) is 33.9 Å². The Balaban J connectivity index is 1.98. The highest BCUT2D eigenvalue weighted by molar-refractivity contribution is 5.80. The number of aromatic hydroxyl groups is 1. The number of phenolic OH excluding ortho intramolecular Hbond substituents is 1. The lowest BCUT2D eigenvalue weighted by Gasteiger charge is -2.17. The smallest absolute Gasteiger partial charge is 0.332 e. The average molecular weight is 474 g/mol. The molecule has 9 nitrogen and oxygen atoms in total. The van der Waals surface area contributed by atoms with Crippen molar-refractivity contribution in [3.63, 3.8) is 0 Å². The Morgan fingerprint density at radius 3 is 2.49 bits per heavy atom. The lowest BCUT2D eigenvalue weighted by molar-refractivity contribution is 0.415. The Morgan fingerprint density at radius 2 is 1.80 bits per heavy atom. The molecule has 3 aromatic heterocycles. The van der Waals surface area contributed by atoms with Gasteiger partial charge in [-0.2, -0.15) is 4.98 Å². The molecule has 0 spiro atoms. The zero-order valence-electron chi connectivity index (χ0n) is 20.5. The molecule has 1 N–H and O–H groups in total. The van der Waals surface area contributed by atoms with Gasteiger partial charge in [-0.15, -0.1) is 0 Å². The lowest BCUT2D eigenvalue weighted by atomic mass is 9.99. The lowest BCUT2D eigenvalue weighted by Crippen LogP contribution is -2.37. The van der Waals surface area contributed by atoms with E-state index in [4.69, 9.17) is 9.72 Å². The van der Waals surface area contributed by atoms with E-state index in [1.807, 2.05) is 61.9 Å². The molecule has 3 heterocycles. The summed E-state index contributed by atoms with van der Waals surface area (Å²) in [5, 5.41) is 10.6. The number of ether oxygens (including phenoxy) is 1. The Labute approximate surface area is 201 Å². The molecular weight excluding hydrogens is 446 g/mol. The maximum atomic E-state index is 13.2. The van der Waals surface area contributed by atoms with Gasteiger partial charge in [0, 0.05) is 25.9 Å². The van der Waals surface area contributed by atoms with Crippen LogP contribution in [0, 0.1) is 6.92 Å². The molecule has 5 rings (SSSR count). The molecule has 0 aliphatic carbocycles. The summed E-state index contributed by atoms with van der Waals surface area (Å²) in [6, 6.07) is 11.3. The fraction of sp³-hybridized carbons (Fsp3) is 0.269. The van der Waals surface area contributed by atoms with E-state index in [9.17, 15) is 14.7 Å². The van der Waals surface area contributed by atoms with Gasteiger partial charge < -0.3 is 9.84 Å². The minimum atomic E-state index is -0.439. The maximum Gasteiger partial charge on any atom is 0.332 e. The molecule has 0 aliphatic heterocycles. The van der Waals surface area contributed by atoms with Crippen molar-refractivity contribution in [1.29, 1.82) is 0 Å². The zero-order valence-corrected chi connectivity index (χ0v) is 20.5. The van der Waals surface area contributed by atoms with Crippen molar-refractivity contribution in [2.24, 2.45) is 14.1 Å². The molecule has 9 heteroatoms. The van der Waals surface area contributed by atoms with Gasteiger partial charge in [0.2, 0.25) is 5.78 Å². The van der Waals surface area contributed by atoms with Gasteiger partial charge in [0.25, 0.3) is 5.56 Å². The quantitative estimate of drug-likeness (QED) is 0.431. The van der Waals surface area contributed by atoms with E-state index in [2.05, 4.69) is 0 Å². The summed E-state index contributed by atoms with van der Waals surface area (Å²) >= 11 is 0. The van der Waals surface area contributed by atoms with E-state index >= 15 is 0 Å². The predicted molar refractivity (Wildman–Crippen MR) is 135 cm³/mol. The number of nitrogens with zero attached hydrogens (tertiary/aromatic N) is 5. The molecule has 0 unspecified atom stereocenters. The maximum absolute atomic E-state index is 13.2. The fourth-order valence-electron chi connectivity index (χ4n) is 4.60. The summed E-state index contributed by atoms with van der Waals surface area (Å²) < 4.78 is 11.6. The summed E-state index contributed by atoms with van der Waals surface area (Å²) in [7, 11) is 4.68. The van der Waals surface area contributed by atoms with Crippen LogP contribution in [0.5, 0.6) is 11.5 Å². The Bertz CT molecular complexity index is 1750. The molecule has 2 aromatic carbocycles. The highest BCUT2D eigenvalue weighted by Crippen LogP contribution is 2.35. The number of methoxy groups -OCH3 is 1. The molecule has 0 aliphatic rings. The first-order valence-electron chi connectivity index (χ1n) is 11.3. The van der Waals surface area contributed by atoms with Gasteiger partial charge in [-0.3, -0.25) is 22.9 Å². The second-order valence-electron chi connectivity index (χ2n) is 9.09. The van der Waals surface area contributed by atoms with Crippen LogP contribution in [0.15, 0.2) is 52.2 Å². The van der Waals surface area contributed by atoms with Crippen molar-refractivity contribution < 1.29 is 9.84 Å². The van der Waals surface area contributed by atoms with Crippen LogP contribution >= 0.6 is 0 Å². The van der Waals surface area contributed by atoms with Gasteiger partial charge in [-0.1, -0.05) is 26.0 Å². The first kappa shape index (κ1) is 22.5. The van der Waals surface area contributed by atoms with Gasteiger partial charge in [0.05, 0.1) is 18.5 Å². The number of aryl methyl sites for hydroxylation is 2. The standard InChI is InChI=1S/C26H27N5O4/c1-14(2)18-12-19(15(3)10-21(18)32)31-20(16-8-7-9-17(11-16)35-6)13-30-22-23(27-25(30)31)28(4)26(34)29(5)24(22)33/h7-14,32H,1-6H3. The SMILES string of the molecule is COc1cccc(-c2cn3c4c(=O)n(C)c(=O)n(C)c4nc3n2-c2cc(C(C)C)c(O)cc2C)c1. The molecule has 0 bridgehead atoms. The van der Waals surface area contributed by atoms with E-state index in [1.54, 1.807) is 24.6 Å². The normalized spacial score (nSPS) is 11.7. The van der Waals surface area contributed by atoms with E-state index in [0.29, 0.717) is 22.7 Å². The van der Waals surface area contributed by atoms with Crippen molar-refractivity contribution in [3.8, 4) is 28.4 Å². The Hall–Kier alpha value is -4.27. The average Bonchev–Trinajstić information content (AvgIpc) is 3.38. The third-order valence-electron chi connectivity index (χ3n) is 6.54. The molecule has 0 amide bonds. The highest BCUT2D eigenvalue weighted by atomic mass is 16.5. The van der Waals surface area contributed by atoms with Gasteiger partial charge >= 0.3 is 5.69 Å². The molecule has 0 saturated carbocycles. The summed E-state index contributed by atoms with van der Waals surface area (Å²) in [6.07, 6.45) is 1.85. The number of imidazole rings is 2. The van der Waals surface area contributed by atoms with Crippen LogP contribution in [-0.2, 0) is 14.1 Å². The van der Waals surface area contributed by atoms with E-state index < -0.39 is 11.2 Å². The molecule has 180 valence electrons. The first-order chi connectivity index (χ1) is 16.6. The number of hydrogen-bond donors (Lipinski definition) is 1. The summed E-state index contributed by atoms with van der Waals surface area (Å²) in [5.41, 5.74) is 3.86. The molecule has 35 heavy (non-hydrogen) atoms. The van der Waals surface area contributed by atoms with Crippen LogP contribution in [0.3, 0.4) is 0 Å².